The van der Waals surface area contributed by atoms with Gasteiger partial charge in [0.15, 0.2) is 5.82 Å². The number of aromatic hydroxyl groups is 1. The third kappa shape index (κ3) is 5.49. The van der Waals surface area contributed by atoms with E-state index in [-0.39, 0.29) is 23.6 Å². The van der Waals surface area contributed by atoms with Crippen molar-refractivity contribution in [2.75, 3.05) is 17.5 Å². The number of aromatic nitrogens is 1. The fourth-order valence-corrected chi connectivity index (χ4v) is 9.70. The zero-order chi connectivity index (χ0) is 40.0. The smallest absolute Gasteiger partial charge is 0.433 e. The predicted molar refractivity (Wildman–Crippen MR) is 201 cm³/mol. The number of phenolic OH excluding ortho intramolecular Hbond substituents is 1. The first-order chi connectivity index (χ1) is 26.5. The fourth-order valence-electron chi connectivity index (χ4n) is 9.47. The van der Waals surface area contributed by atoms with E-state index in [1.807, 2.05) is 43.3 Å². The van der Waals surface area contributed by atoms with Crippen molar-refractivity contribution in [1.29, 1.82) is 0 Å². The van der Waals surface area contributed by atoms with Crippen LogP contribution in [0.25, 0.3) is 0 Å². The first-order valence-electron chi connectivity index (χ1n) is 18.2. The summed E-state index contributed by atoms with van der Waals surface area (Å²) in [5, 5.41) is 13.5. The number of benzene rings is 3. The van der Waals surface area contributed by atoms with Gasteiger partial charge in [-0.2, -0.15) is 23.2 Å². The summed E-state index contributed by atoms with van der Waals surface area (Å²) >= 11 is 6.32. The van der Waals surface area contributed by atoms with Crippen LogP contribution in [0.4, 0.5) is 24.7 Å². The number of hydrogen-bond donors (Lipinski definition) is 2. The van der Waals surface area contributed by atoms with E-state index in [9.17, 15) is 32.7 Å². The van der Waals surface area contributed by atoms with Crippen LogP contribution in [0.15, 0.2) is 90.5 Å². The zero-order valence-corrected chi connectivity index (χ0v) is 31.5. The van der Waals surface area contributed by atoms with Crippen LogP contribution in [0.3, 0.4) is 0 Å². The van der Waals surface area contributed by atoms with Gasteiger partial charge in [-0.15, -0.1) is 0 Å². The van der Waals surface area contributed by atoms with Crippen LogP contribution in [0.1, 0.15) is 52.3 Å². The average Bonchev–Trinajstić information content (AvgIpc) is 3.54. The highest BCUT2D eigenvalue weighted by Crippen LogP contribution is 2.64. The number of hydrogen-bond acceptors (Lipinski definition) is 8. The summed E-state index contributed by atoms with van der Waals surface area (Å²) in [6.45, 7) is 5.41. The maximum absolute atomic E-state index is 15.3. The molecule has 0 bridgehead atoms. The minimum atomic E-state index is -4.81. The molecule has 10 nitrogen and oxygen atoms in total. The molecule has 288 valence electrons. The van der Waals surface area contributed by atoms with Crippen LogP contribution in [-0.4, -0.2) is 50.8 Å². The van der Waals surface area contributed by atoms with E-state index in [0.717, 1.165) is 26.7 Å². The number of carbonyl (C=O) groups excluding carboxylic acids is 4. The van der Waals surface area contributed by atoms with Crippen molar-refractivity contribution >= 4 is 46.7 Å². The molecule has 4 aromatic rings. The molecule has 2 N–H and O–H groups in total. The molecule has 1 aromatic heterocycles. The van der Waals surface area contributed by atoms with Crippen LogP contribution < -0.4 is 10.4 Å². The molecule has 8 rings (SSSR count). The first kappa shape index (κ1) is 37.2. The lowest BCUT2D eigenvalue weighted by atomic mass is 9.49. The number of nitrogens with zero attached hydrogens (tertiary/aromatic N) is 4. The molecule has 2 aliphatic heterocycles. The van der Waals surface area contributed by atoms with Crippen molar-refractivity contribution in [3.05, 3.63) is 129 Å². The lowest BCUT2D eigenvalue weighted by Gasteiger charge is -2.50. The van der Waals surface area contributed by atoms with Crippen molar-refractivity contribution in [2.45, 2.75) is 51.1 Å². The Balaban J connectivity index is 1.29. The van der Waals surface area contributed by atoms with E-state index in [2.05, 4.69) is 10.4 Å². The molecule has 0 unspecified atom stereocenters. The summed E-state index contributed by atoms with van der Waals surface area (Å²) in [5.74, 6) is -7.18. The third-order valence-electron chi connectivity index (χ3n) is 11.9. The number of nitrogens with one attached hydrogen (secondary N) is 1. The van der Waals surface area contributed by atoms with Crippen LogP contribution in [-0.2, 0) is 30.8 Å². The number of rotatable bonds is 6. The number of aryl methyl sites for hydroxylation is 3. The summed E-state index contributed by atoms with van der Waals surface area (Å²) in [6.07, 6.45) is -2.82. The van der Waals surface area contributed by atoms with E-state index in [1.54, 1.807) is 50.2 Å². The molecule has 2 aliphatic carbocycles. The second-order valence-electron chi connectivity index (χ2n) is 15.1. The van der Waals surface area contributed by atoms with Gasteiger partial charge in [-0.1, -0.05) is 83.4 Å². The number of alkyl halides is 3. The number of carbonyl (C=O) groups is 4. The minimum absolute atomic E-state index is 0.0181. The van der Waals surface area contributed by atoms with Crippen molar-refractivity contribution in [1.82, 2.24) is 15.0 Å². The van der Waals surface area contributed by atoms with Crippen LogP contribution >= 0.6 is 11.6 Å². The number of anilines is 2. The number of amides is 4. The summed E-state index contributed by atoms with van der Waals surface area (Å²) in [5.41, 5.74) is 4.82. The Morgan fingerprint density at radius 1 is 0.893 bits per heavy atom. The molecular formula is C42H37ClF3N5O5. The number of hydrazine groups is 2. The van der Waals surface area contributed by atoms with Gasteiger partial charge in [0, 0.05) is 13.0 Å². The molecule has 56 heavy (non-hydrogen) atoms. The predicted octanol–water partition coefficient (Wildman–Crippen LogP) is 7.42. The number of halogens is 4. The van der Waals surface area contributed by atoms with Crippen molar-refractivity contribution in [3.63, 3.8) is 0 Å². The Labute approximate surface area is 325 Å². The SMILES string of the molecule is Cc1ccc(NN2C(=O)[C@@H]3C[C@@H]4C(=CC[C@@H]5C(=O)N(N(C)c6nc(C(F)(F)F)ccc6Cl)C(=O)[C@@H]54)[C@H](c4cc(C)c(O)c(C)c4)[C@]3(c3ccccc3)C2=O)cc1. The van der Waals surface area contributed by atoms with E-state index in [4.69, 9.17) is 11.6 Å². The molecule has 3 heterocycles. The van der Waals surface area contributed by atoms with E-state index in [1.165, 1.54) is 7.05 Å². The van der Waals surface area contributed by atoms with E-state index >= 15 is 4.79 Å². The van der Waals surface area contributed by atoms with Gasteiger partial charge in [0.1, 0.15) is 11.4 Å². The topological polar surface area (TPSA) is 123 Å². The molecule has 0 radical (unpaired) electrons. The highest BCUT2D eigenvalue weighted by atomic mass is 35.5. The maximum atomic E-state index is 15.3. The second-order valence-corrected chi connectivity index (χ2v) is 15.5. The van der Waals surface area contributed by atoms with Crippen molar-refractivity contribution < 1.29 is 37.5 Å². The monoisotopic (exact) mass is 783 g/mol. The van der Waals surface area contributed by atoms with Gasteiger partial charge in [-0.3, -0.25) is 29.6 Å². The third-order valence-corrected chi connectivity index (χ3v) is 12.2. The quantitative estimate of drug-likeness (QED) is 0.153. The maximum Gasteiger partial charge on any atom is 0.433 e. The van der Waals surface area contributed by atoms with Gasteiger partial charge < -0.3 is 5.11 Å². The number of allylic oxidation sites excluding steroid dienone is 2. The molecule has 2 saturated heterocycles. The largest absolute Gasteiger partial charge is 0.507 e. The number of fused-ring (bicyclic) bond motifs is 4. The van der Waals surface area contributed by atoms with Crippen molar-refractivity contribution in [2.24, 2.45) is 23.7 Å². The average molecular weight is 784 g/mol. The standard InChI is InChI=1S/C42H37ClF3N5O5/c1-21-10-12-26(13-11-21)48-50-38(54)30-20-29-27(34(24-18-22(2)35(52)23(3)19-24)41(30,40(50)56)25-8-6-5-7-9-25)14-15-28-33(29)39(55)51(37(28)53)49(4)36-31(43)16-17-32(47-36)42(44,45)46/h5-14,16-19,28-30,33-34,48,52H,15,20H2,1-4H3/t28-,29+,30-,33-,34-,41+/m0/s1. The summed E-state index contributed by atoms with van der Waals surface area (Å²) in [4.78, 5) is 62.8. The summed E-state index contributed by atoms with van der Waals surface area (Å²) < 4.78 is 41.1. The molecule has 4 aliphatic rings. The van der Waals surface area contributed by atoms with Gasteiger partial charge in [-0.25, -0.2) is 4.98 Å². The molecule has 6 atom stereocenters. The molecule has 3 aromatic carbocycles. The van der Waals surface area contributed by atoms with E-state index in [0.29, 0.717) is 39.6 Å². The van der Waals surface area contributed by atoms with E-state index < -0.39 is 76.3 Å². The Morgan fingerprint density at radius 3 is 2.20 bits per heavy atom. The molecule has 4 amide bonds. The number of imide groups is 2. The highest BCUT2D eigenvalue weighted by Gasteiger charge is 2.70. The lowest BCUT2D eigenvalue weighted by Crippen LogP contribution is -2.53. The Bertz CT molecular complexity index is 2330. The van der Waals surface area contributed by atoms with Gasteiger partial charge in [0.05, 0.1) is 33.9 Å². The number of pyridine rings is 1. The lowest BCUT2D eigenvalue weighted by molar-refractivity contribution is -0.142. The highest BCUT2D eigenvalue weighted by molar-refractivity contribution is 6.33. The van der Waals surface area contributed by atoms with Crippen molar-refractivity contribution in [3.8, 4) is 5.75 Å². The summed E-state index contributed by atoms with van der Waals surface area (Å²) in [6, 6.07) is 21.6. The fraction of sp³-hybridized carbons (Fsp3) is 0.310. The molecule has 1 saturated carbocycles. The normalized spacial score (nSPS) is 25.9. The van der Waals surface area contributed by atoms with Gasteiger partial charge in [0.2, 0.25) is 0 Å². The number of phenols is 1. The van der Waals surface area contributed by atoms with Crippen LogP contribution in [0.2, 0.25) is 5.02 Å². The van der Waals surface area contributed by atoms with Gasteiger partial charge >= 0.3 is 6.18 Å². The Hall–Kier alpha value is -5.69. The van der Waals surface area contributed by atoms with Gasteiger partial charge in [-0.05, 0) is 86.1 Å². The summed E-state index contributed by atoms with van der Waals surface area (Å²) in [7, 11) is 1.26. The van der Waals surface area contributed by atoms with Gasteiger partial charge in [0.25, 0.3) is 23.6 Å². The zero-order valence-electron chi connectivity index (χ0n) is 30.8. The Kier molecular flexibility index (Phi) is 8.79. The minimum Gasteiger partial charge on any atom is -0.507 e. The Morgan fingerprint density at radius 2 is 1.55 bits per heavy atom. The molecule has 3 fully saturated rings. The molecular weight excluding hydrogens is 747 g/mol. The second kappa shape index (κ2) is 13.2. The molecule has 14 heteroatoms. The van der Waals surface area contributed by atoms with Crippen LogP contribution in [0, 0.1) is 44.4 Å². The first-order valence-corrected chi connectivity index (χ1v) is 18.6. The van der Waals surface area contributed by atoms with Crippen LogP contribution in [0.5, 0.6) is 5.75 Å². The molecule has 0 spiro atoms.